The molecular weight excluding hydrogens is 358 g/mol. The lowest BCUT2D eigenvalue weighted by atomic mass is 9.94. The SMILES string of the molecule is CNc1ccc(-c2cnoc2)cc1C(C=O)CN(C(=O)CN(C)C)C(C)C#N. The molecule has 148 valence electrons. The zero-order valence-electron chi connectivity index (χ0n) is 16.5. The summed E-state index contributed by atoms with van der Waals surface area (Å²) in [6, 6.07) is 7.10. The molecule has 1 N–H and O–H groups in total. The van der Waals surface area contributed by atoms with Gasteiger partial charge in [-0.1, -0.05) is 11.2 Å². The molecule has 2 aromatic rings. The summed E-state index contributed by atoms with van der Waals surface area (Å²) in [6.45, 7) is 1.94. The third-order valence-electron chi connectivity index (χ3n) is 4.47. The lowest BCUT2D eigenvalue weighted by Crippen LogP contribution is -2.45. The van der Waals surface area contributed by atoms with Crippen molar-refractivity contribution in [2.24, 2.45) is 0 Å². The molecular formula is C20H25N5O3. The molecule has 2 rings (SSSR count). The summed E-state index contributed by atoms with van der Waals surface area (Å²) >= 11 is 0. The summed E-state index contributed by atoms with van der Waals surface area (Å²) in [5.41, 5.74) is 3.16. The fourth-order valence-electron chi connectivity index (χ4n) is 2.96. The first-order valence-electron chi connectivity index (χ1n) is 8.91. The Morgan fingerprint density at radius 2 is 2.14 bits per heavy atom. The van der Waals surface area contributed by atoms with Gasteiger partial charge >= 0.3 is 0 Å². The molecule has 0 radical (unpaired) electrons. The molecule has 0 aliphatic carbocycles. The molecule has 0 saturated heterocycles. The monoisotopic (exact) mass is 383 g/mol. The number of amides is 1. The van der Waals surface area contributed by atoms with Gasteiger partial charge in [0.25, 0.3) is 0 Å². The van der Waals surface area contributed by atoms with E-state index >= 15 is 0 Å². The normalized spacial score (nSPS) is 12.9. The van der Waals surface area contributed by atoms with Gasteiger partial charge in [-0.05, 0) is 44.3 Å². The lowest BCUT2D eigenvalue weighted by molar-refractivity contribution is -0.133. The highest BCUT2D eigenvalue weighted by atomic mass is 16.5. The minimum absolute atomic E-state index is 0.118. The van der Waals surface area contributed by atoms with E-state index in [0.29, 0.717) is 0 Å². The first-order valence-corrected chi connectivity index (χ1v) is 8.91. The Kier molecular flexibility index (Phi) is 7.29. The molecule has 1 aromatic heterocycles. The number of rotatable bonds is 9. The molecule has 2 unspecified atom stereocenters. The lowest BCUT2D eigenvalue weighted by Gasteiger charge is -2.29. The maximum Gasteiger partial charge on any atom is 0.237 e. The van der Waals surface area contributed by atoms with E-state index in [1.54, 1.807) is 39.2 Å². The van der Waals surface area contributed by atoms with Crippen LogP contribution in [0, 0.1) is 11.3 Å². The van der Waals surface area contributed by atoms with Gasteiger partial charge < -0.3 is 24.4 Å². The van der Waals surface area contributed by atoms with Crippen LogP contribution < -0.4 is 5.32 Å². The number of nitrogens with zero attached hydrogens (tertiary/aromatic N) is 4. The number of benzene rings is 1. The number of nitrogens with one attached hydrogen (secondary N) is 1. The van der Waals surface area contributed by atoms with Gasteiger partial charge in [0, 0.05) is 24.8 Å². The molecule has 8 heteroatoms. The minimum atomic E-state index is -0.644. The van der Waals surface area contributed by atoms with Crippen LogP contribution in [0.5, 0.6) is 0 Å². The number of hydrogen-bond acceptors (Lipinski definition) is 7. The van der Waals surface area contributed by atoms with Crippen molar-refractivity contribution in [2.75, 3.05) is 39.5 Å². The number of carbonyl (C=O) groups excluding carboxylic acids is 2. The van der Waals surface area contributed by atoms with E-state index in [4.69, 9.17) is 4.52 Å². The third-order valence-corrected chi connectivity index (χ3v) is 4.47. The highest BCUT2D eigenvalue weighted by Gasteiger charge is 2.26. The van der Waals surface area contributed by atoms with Gasteiger partial charge in [-0.15, -0.1) is 0 Å². The zero-order chi connectivity index (χ0) is 20.7. The molecule has 1 heterocycles. The highest BCUT2D eigenvalue weighted by Crippen LogP contribution is 2.30. The Bertz CT molecular complexity index is 842. The summed E-state index contributed by atoms with van der Waals surface area (Å²) in [7, 11) is 5.34. The second-order valence-electron chi connectivity index (χ2n) is 6.80. The van der Waals surface area contributed by atoms with Crippen molar-refractivity contribution >= 4 is 17.9 Å². The van der Waals surface area contributed by atoms with Gasteiger partial charge in [-0.2, -0.15) is 5.26 Å². The fraction of sp³-hybridized carbons (Fsp3) is 0.400. The topological polar surface area (TPSA) is 102 Å². The average Bonchev–Trinajstić information content (AvgIpc) is 3.22. The summed E-state index contributed by atoms with van der Waals surface area (Å²) in [5.74, 6) is -0.795. The smallest absolute Gasteiger partial charge is 0.237 e. The molecule has 0 aliphatic heterocycles. The van der Waals surface area contributed by atoms with Crippen molar-refractivity contribution in [1.82, 2.24) is 15.0 Å². The molecule has 0 saturated carbocycles. The van der Waals surface area contributed by atoms with E-state index in [0.717, 1.165) is 28.7 Å². The van der Waals surface area contributed by atoms with E-state index in [1.165, 1.54) is 11.2 Å². The van der Waals surface area contributed by atoms with Crippen LogP contribution in [0.2, 0.25) is 0 Å². The van der Waals surface area contributed by atoms with Gasteiger partial charge in [0.1, 0.15) is 18.6 Å². The van der Waals surface area contributed by atoms with Gasteiger partial charge in [0.15, 0.2) is 0 Å². The zero-order valence-corrected chi connectivity index (χ0v) is 16.5. The number of likely N-dealkylation sites (N-methyl/N-ethyl adjacent to an activating group) is 1. The van der Waals surface area contributed by atoms with Crippen LogP contribution in [0.25, 0.3) is 11.1 Å². The second-order valence-corrected chi connectivity index (χ2v) is 6.80. The Morgan fingerprint density at radius 1 is 1.39 bits per heavy atom. The molecule has 8 nitrogen and oxygen atoms in total. The van der Waals surface area contributed by atoms with Crippen LogP contribution in [-0.2, 0) is 9.59 Å². The number of hydrogen-bond donors (Lipinski definition) is 1. The van der Waals surface area contributed by atoms with E-state index in [1.807, 2.05) is 18.2 Å². The summed E-state index contributed by atoms with van der Waals surface area (Å²) in [5, 5.41) is 16.1. The number of anilines is 1. The molecule has 0 bridgehead atoms. The molecule has 1 aromatic carbocycles. The van der Waals surface area contributed by atoms with E-state index in [9.17, 15) is 14.9 Å². The third kappa shape index (κ3) is 4.96. The Labute approximate surface area is 164 Å². The van der Waals surface area contributed by atoms with Crippen molar-refractivity contribution in [2.45, 2.75) is 18.9 Å². The number of aldehydes is 1. The quantitative estimate of drug-likeness (QED) is 0.660. The molecule has 0 spiro atoms. The largest absolute Gasteiger partial charge is 0.388 e. The Hall–Kier alpha value is -3.18. The van der Waals surface area contributed by atoms with Crippen LogP contribution >= 0.6 is 0 Å². The predicted molar refractivity (Wildman–Crippen MR) is 106 cm³/mol. The van der Waals surface area contributed by atoms with Crippen molar-refractivity contribution in [1.29, 1.82) is 5.26 Å². The van der Waals surface area contributed by atoms with Gasteiger partial charge in [0.2, 0.25) is 5.91 Å². The van der Waals surface area contributed by atoms with Crippen LogP contribution in [0.1, 0.15) is 18.4 Å². The average molecular weight is 383 g/mol. The van der Waals surface area contributed by atoms with Gasteiger partial charge in [-0.3, -0.25) is 4.79 Å². The number of nitriles is 1. The van der Waals surface area contributed by atoms with Crippen molar-refractivity contribution in [3.63, 3.8) is 0 Å². The number of carbonyl (C=O) groups is 2. The van der Waals surface area contributed by atoms with Crippen molar-refractivity contribution < 1.29 is 14.1 Å². The van der Waals surface area contributed by atoms with Crippen LogP contribution in [-0.4, -0.2) is 67.4 Å². The first-order chi connectivity index (χ1) is 13.4. The van der Waals surface area contributed by atoms with Crippen LogP contribution in [0.3, 0.4) is 0 Å². The van der Waals surface area contributed by atoms with E-state index in [2.05, 4.69) is 16.5 Å². The van der Waals surface area contributed by atoms with Gasteiger partial charge in [0.05, 0.1) is 24.7 Å². The van der Waals surface area contributed by atoms with Crippen molar-refractivity contribution in [3.8, 4) is 17.2 Å². The highest BCUT2D eigenvalue weighted by molar-refractivity contribution is 5.80. The second kappa shape index (κ2) is 9.67. The van der Waals surface area contributed by atoms with E-state index < -0.39 is 12.0 Å². The van der Waals surface area contributed by atoms with Gasteiger partial charge in [-0.25, -0.2) is 0 Å². The van der Waals surface area contributed by atoms with Crippen molar-refractivity contribution in [3.05, 3.63) is 36.2 Å². The fourth-order valence-corrected chi connectivity index (χ4v) is 2.96. The van der Waals surface area contributed by atoms with Crippen LogP contribution in [0.15, 0.2) is 35.2 Å². The standard InChI is InChI=1S/C20H25N5O3/c1-14(8-21)25(20(27)11-24(3)4)10-17(12-26)18-7-15(5-6-19(18)22-2)16-9-23-28-13-16/h5-7,9,12-14,17,22H,10-11H2,1-4H3. The minimum Gasteiger partial charge on any atom is -0.388 e. The predicted octanol–water partition coefficient (Wildman–Crippen LogP) is 1.97. The maximum atomic E-state index is 12.6. The number of aromatic nitrogens is 1. The summed E-state index contributed by atoms with van der Waals surface area (Å²) in [4.78, 5) is 27.8. The Morgan fingerprint density at radius 3 is 2.68 bits per heavy atom. The molecule has 2 atom stereocenters. The molecule has 28 heavy (non-hydrogen) atoms. The summed E-state index contributed by atoms with van der Waals surface area (Å²) in [6.07, 6.45) is 3.94. The van der Waals surface area contributed by atoms with Crippen LogP contribution in [0.4, 0.5) is 5.69 Å². The Balaban J connectivity index is 2.39. The maximum absolute atomic E-state index is 12.6. The first kappa shape index (κ1) is 21.1. The van der Waals surface area contributed by atoms with E-state index in [-0.39, 0.29) is 19.0 Å². The summed E-state index contributed by atoms with van der Waals surface area (Å²) < 4.78 is 4.90. The molecule has 0 fully saturated rings. The molecule has 0 aliphatic rings. The molecule has 1 amide bonds.